The molecule has 1 heterocycles. The lowest BCUT2D eigenvalue weighted by molar-refractivity contribution is 0.0818. The molecule has 0 aliphatic carbocycles. The highest BCUT2D eigenvalue weighted by Gasteiger charge is 2.20. The van der Waals surface area contributed by atoms with Gasteiger partial charge in [0.25, 0.3) is 0 Å². The third kappa shape index (κ3) is 3.00. The quantitative estimate of drug-likeness (QED) is 0.890. The third-order valence-corrected chi connectivity index (χ3v) is 3.56. The van der Waals surface area contributed by atoms with E-state index in [4.69, 9.17) is 10.5 Å². The molecule has 2 N–H and O–H groups in total. The highest BCUT2D eigenvalue weighted by Crippen LogP contribution is 2.25. The van der Waals surface area contributed by atoms with Crippen molar-refractivity contribution in [2.45, 2.75) is 25.4 Å². The van der Waals surface area contributed by atoms with Crippen LogP contribution < -0.4 is 10.6 Å². The van der Waals surface area contributed by atoms with Crippen molar-refractivity contribution in [2.24, 2.45) is 5.73 Å². The maximum atomic E-state index is 14.0. The fraction of sp³-hybridized carbons (Fsp3) is 0.571. The molecule has 1 aliphatic rings. The van der Waals surface area contributed by atoms with Gasteiger partial charge in [-0.15, -0.1) is 0 Å². The van der Waals surface area contributed by atoms with Gasteiger partial charge in [-0.2, -0.15) is 0 Å². The summed E-state index contributed by atoms with van der Waals surface area (Å²) in [5.74, 6) is -0.142. The van der Waals surface area contributed by atoms with E-state index in [1.54, 1.807) is 13.2 Å². The summed E-state index contributed by atoms with van der Waals surface area (Å²) in [6.07, 6.45) is 2.96. The molecule has 2 rings (SSSR count). The van der Waals surface area contributed by atoms with Crippen LogP contribution in [0, 0.1) is 5.82 Å². The molecule has 4 heteroatoms. The van der Waals surface area contributed by atoms with Crippen molar-refractivity contribution >= 4 is 5.69 Å². The summed E-state index contributed by atoms with van der Waals surface area (Å²) in [4.78, 5) is 2.09. The van der Waals surface area contributed by atoms with Crippen LogP contribution in [0.4, 0.5) is 10.1 Å². The van der Waals surface area contributed by atoms with Crippen LogP contribution in [0.1, 0.15) is 18.4 Å². The monoisotopic (exact) mass is 252 g/mol. The molecule has 1 fully saturated rings. The van der Waals surface area contributed by atoms with Gasteiger partial charge in [-0.05, 0) is 43.5 Å². The molecule has 1 aromatic rings. The van der Waals surface area contributed by atoms with E-state index in [0.29, 0.717) is 18.3 Å². The molecule has 0 spiro atoms. The number of hydrogen-bond donors (Lipinski definition) is 1. The number of anilines is 1. The lowest BCUT2D eigenvalue weighted by atomic mass is 10.1. The number of nitrogens with zero attached hydrogens (tertiary/aromatic N) is 1. The Morgan fingerprint density at radius 1 is 1.39 bits per heavy atom. The second kappa shape index (κ2) is 6.16. The lowest BCUT2D eigenvalue weighted by Crippen LogP contribution is -2.37. The first-order valence-corrected chi connectivity index (χ1v) is 6.51. The zero-order valence-electron chi connectivity index (χ0n) is 10.9. The average molecular weight is 252 g/mol. The van der Waals surface area contributed by atoms with E-state index in [-0.39, 0.29) is 5.82 Å². The number of halogens is 1. The maximum Gasteiger partial charge on any atom is 0.146 e. The van der Waals surface area contributed by atoms with Crippen LogP contribution in [0.5, 0.6) is 0 Å². The molecule has 0 atom stereocenters. The molecular weight excluding hydrogens is 231 g/mol. The molecule has 0 amide bonds. The SMILES string of the molecule is COC1CCN(c2ccc(CCN)cc2F)CC1. The summed E-state index contributed by atoms with van der Waals surface area (Å²) in [6, 6.07) is 5.44. The van der Waals surface area contributed by atoms with Crippen molar-refractivity contribution in [1.29, 1.82) is 0 Å². The first-order chi connectivity index (χ1) is 8.74. The standard InChI is InChI=1S/C14H21FN2O/c1-18-12-5-8-17(9-6-12)14-3-2-11(4-7-16)10-13(14)15/h2-3,10,12H,4-9,16H2,1H3. The molecule has 0 bridgehead atoms. The van der Waals surface area contributed by atoms with Gasteiger partial charge in [0, 0.05) is 20.2 Å². The van der Waals surface area contributed by atoms with Crippen LogP contribution in [-0.4, -0.2) is 32.8 Å². The summed E-state index contributed by atoms with van der Waals surface area (Å²) < 4.78 is 19.3. The number of methoxy groups -OCH3 is 1. The topological polar surface area (TPSA) is 38.5 Å². The van der Waals surface area contributed by atoms with Gasteiger partial charge < -0.3 is 15.4 Å². The van der Waals surface area contributed by atoms with Gasteiger partial charge >= 0.3 is 0 Å². The van der Waals surface area contributed by atoms with Crippen LogP contribution >= 0.6 is 0 Å². The fourth-order valence-electron chi connectivity index (χ4n) is 2.46. The number of nitrogens with two attached hydrogens (primary N) is 1. The van der Waals surface area contributed by atoms with E-state index in [0.717, 1.165) is 37.9 Å². The molecular formula is C14H21FN2O. The Bertz CT molecular complexity index is 389. The van der Waals surface area contributed by atoms with E-state index in [1.807, 2.05) is 12.1 Å². The van der Waals surface area contributed by atoms with Crippen LogP contribution in [0.2, 0.25) is 0 Å². The predicted molar refractivity (Wildman–Crippen MR) is 71.4 cm³/mol. The summed E-state index contributed by atoms with van der Waals surface area (Å²) in [6.45, 7) is 2.26. The molecule has 3 nitrogen and oxygen atoms in total. The number of piperidine rings is 1. The van der Waals surface area contributed by atoms with Crippen molar-refractivity contribution < 1.29 is 9.13 Å². The number of ether oxygens (including phenoxy) is 1. The van der Waals surface area contributed by atoms with E-state index in [9.17, 15) is 4.39 Å². The van der Waals surface area contributed by atoms with Crippen molar-refractivity contribution in [1.82, 2.24) is 0 Å². The Labute approximate surface area is 108 Å². The van der Waals surface area contributed by atoms with Crippen LogP contribution in [0.3, 0.4) is 0 Å². The van der Waals surface area contributed by atoms with Gasteiger partial charge in [-0.25, -0.2) is 4.39 Å². The van der Waals surface area contributed by atoms with E-state index >= 15 is 0 Å². The third-order valence-electron chi connectivity index (χ3n) is 3.56. The molecule has 100 valence electrons. The maximum absolute atomic E-state index is 14.0. The Morgan fingerprint density at radius 3 is 2.67 bits per heavy atom. The van der Waals surface area contributed by atoms with Gasteiger partial charge in [-0.3, -0.25) is 0 Å². The van der Waals surface area contributed by atoms with E-state index in [2.05, 4.69) is 4.90 Å². The molecule has 1 aliphatic heterocycles. The van der Waals surface area contributed by atoms with E-state index in [1.165, 1.54) is 0 Å². The summed E-state index contributed by atoms with van der Waals surface area (Å²) in [5, 5.41) is 0. The highest BCUT2D eigenvalue weighted by atomic mass is 19.1. The van der Waals surface area contributed by atoms with Crippen molar-refractivity contribution in [2.75, 3.05) is 31.6 Å². The summed E-state index contributed by atoms with van der Waals surface area (Å²) >= 11 is 0. The number of hydrogen-bond acceptors (Lipinski definition) is 3. The van der Waals surface area contributed by atoms with Gasteiger partial charge in [0.1, 0.15) is 5.82 Å². The zero-order chi connectivity index (χ0) is 13.0. The Morgan fingerprint density at radius 2 is 2.11 bits per heavy atom. The molecule has 1 aromatic carbocycles. The second-order valence-corrected chi connectivity index (χ2v) is 4.75. The summed E-state index contributed by atoms with van der Waals surface area (Å²) in [5.41, 5.74) is 7.14. The second-order valence-electron chi connectivity index (χ2n) is 4.75. The Hall–Kier alpha value is -1.13. The lowest BCUT2D eigenvalue weighted by Gasteiger charge is -2.33. The predicted octanol–water partition coefficient (Wildman–Crippen LogP) is 1.94. The van der Waals surface area contributed by atoms with Gasteiger partial charge in [0.05, 0.1) is 11.8 Å². The molecule has 0 unspecified atom stereocenters. The first kappa shape index (κ1) is 13.3. The largest absolute Gasteiger partial charge is 0.381 e. The smallest absolute Gasteiger partial charge is 0.146 e. The Balaban J connectivity index is 2.05. The molecule has 0 saturated carbocycles. The van der Waals surface area contributed by atoms with Gasteiger partial charge in [-0.1, -0.05) is 6.07 Å². The normalized spacial score (nSPS) is 17.2. The van der Waals surface area contributed by atoms with Crippen molar-refractivity contribution in [3.8, 4) is 0 Å². The van der Waals surface area contributed by atoms with Crippen molar-refractivity contribution in [3.05, 3.63) is 29.6 Å². The van der Waals surface area contributed by atoms with Gasteiger partial charge in [0.2, 0.25) is 0 Å². The molecule has 0 aromatic heterocycles. The minimum Gasteiger partial charge on any atom is -0.381 e. The first-order valence-electron chi connectivity index (χ1n) is 6.51. The van der Waals surface area contributed by atoms with Crippen LogP contribution in [-0.2, 0) is 11.2 Å². The fourth-order valence-corrected chi connectivity index (χ4v) is 2.46. The molecule has 1 saturated heterocycles. The average Bonchev–Trinajstić information content (AvgIpc) is 2.40. The summed E-state index contributed by atoms with van der Waals surface area (Å²) in [7, 11) is 1.74. The minimum atomic E-state index is -0.142. The Kier molecular flexibility index (Phi) is 4.55. The van der Waals surface area contributed by atoms with Crippen LogP contribution in [0.15, 0.2) is 18.2 Å². The highest BCUT2D eigenvalue weighted by molar-refractivity contribution is 5.49. The number of benzene rings is 1. The molecule has 18 heavy (non-hydrogen) atoms. The van der Waals surface area contributed by atoms with Gasteiger partial charge in [0.15, 0.2) is 0 Å². The van der Waals surface area contributed by atoms with Crippen molar-refractivity contribution in [3.63, 3.8) is 0 Å². The minimum absolute atomic E-state index is 0.142. The number of rotatable bonds is 4. The molecule has 0 radical (unpaired) electrons. The van der Waals surface area contributed by atoms with Crippen LogP contribution in [0.25, 0.3) is 0 Å². The van der Waals surface area contributed by atoms with E-state index < -0.39 is 0 Å². The zero-order valence-corrected chi connectivity index (χ0v) is 10.9.